The summed E-state index contributed by atoms with van der Waals surface area (Å²) in [5.74, 6) is -0.904. The van der Waals surface area contributed by atoms with E-state index in [4.69, 9.17) is 9.84 Å². The van der Waals surface area contributed by atoms with Crippen LogP contribution >= 0.6 is 0 Å². The maximum Gasteiger partial charge on any atom is 0.317 e. The van der Waals surface area contributed by atoms with Crippen molar-refractivity contribution in [2.24, 2.45) is 0 Å². The molecule has 6 nitrogen and oxygen atoms in total. The highest BCUT2D eigenvalue weighted by molar-refractivity contribution is 5.76. The number of urea groups is 1. The van der Waals surface area contributed by atoms with Crippen molar-refractivity contribution in [2.75, 3.05) is 26.3 Å². The average Bonchev–Trinajstić information content (AvgIpc) is 2.26. The van der Waals surface area contributed by atoms with E-state index in [-0.39, 0.29) is 19.0 Å². The number of nitrogens with one attached hydrogen (secondary N) is 1. The number of aliphatic carboxylic acids is 1. The number of ether oxygens (including phenoxy) is 1. The molecule has 19 heavy (non-hydrogen) atoms. The molecule has 0 aromatic rings. The minimum absolute atomic E-state index is 0.0519. The molecule has 0 spiro atoms. The summed E-state index contributed by atoms with van der Waals surface area (Å²) in [6, 6.07) is -0.231. The van der Waals surface area contributed by atoms with Crippen LogP contribution in [0.15, 0.2) is 0 Å². The Morgan fingerprint density at radius 2 is 1.95 bits per heavy atom. The van der Waals surface area contributed by atoms with Crippen LogP contribution in [-0.2, 0) is 9.53 Å². The largest absolute Gasteiger partial charge is 0.481 e. The number of hydrogen-bond donors (Lipinski definition) is 2. The summed E-state index contributed by atoms with van der Waals surface area (Å²) in [6.45, 7) is 9.58. The monoisotopic (exact) mass is 274 g/mol. The first kappa shape index (κ1) is 17.7. The van der Waals surface area contributed by atoms with Gasteiger partial charge in [-0.1, -0.05) is 0 Å². The Morgan fingerprint density at radius 3 is 2.42 bits per heavy atom. The lowest BCUT2D eigenvalue weighted by molar-refractivity contribution is -0.137. The van der Waals surface area contributed by atoms with Gasteiger partial charge in [0, 0.05) is 31.8 Å². The molecule has 0 bridgehead atoms. The van der Waals surface area contributed by atoms with Gasteiger partial charge < -0.3 is 20.1 Å². The topological polar surface area (TPSA) is 78.9 Å². The molecule has 0 saturated heterocycles. The van der Waals surface area contributed by atoms with Crippen LogP contribution in [0.3, 0.4) is 0 Å². The standard InChI is InChI=1S/C13H26N2O4/c1-5-19-10-6-8-14-12(18)15(13(2,3)4)9-7-11(16)17/h5-10H2,1-4H3,(H,14,18)(H,16,17). The molecule has 112 valence electrons. The maximum absolute atomic E-state index is 12.0. The van der Waals surface area contributed by atoms with Gasteiger partial charge in [0.05, 0.1) is 6.42 Å². The molecule has 2 amide bonds. The van der Waals surface area contributed by atoms with Crippen LogP contribution in [-0.4, -0.2) is 53.8 Å². The van der Waals surface area contributed by atoms with E-state index in [2.05, 4.69) is 5.32 Å². The van der Waals surface area contributed by atoms with Gasteiger partial charge in [0.1, 0.15) is 0 Å². The van der Waals surface area contributed by atoms with E-state index in [0.29, 0.717) is 19.8 Å². The molecule has 6 heteroatoms. The lowest BCUT2D eigenvalue weighted by Crippen LogP contribution is -2.51. The Hall–Kier alpha value is -1.30. The zero-order valence-corrected chi connectivity index (χ0v) is 12.4. The van der Waals surface area contributed by atoms with Crippen LogP contribution in [0.25, 0.3) is 0 Å². The van der Waals surface area contributed by atoms with Crippen molar-refractivity contribution >= 4 is 12.0 Å². The van der Waals surface area contributed by atoms with E-state index in [9.17, 15) is 9.59 Å². The van der Waals surface area contributed by atoms with Crippen molar-refractivity contribution in [1.82, 2.24) is 10.2 Å². The number of rotatable bonds is 8. The molecule has 0 atom stereocenters. The van der Waals surface area contributed by atoms with Gasteiger partial charge in [-0.15, -0.1) is 0 Å². The van der Waals surface area contributed by atoms with Gasteiger partial charge in [-0.2, -0.15) is 0 Å². The minimum Gasteiger partial charge on any atom is -0.481 e. The van der Waals surface area contributed by atoms with E-state index in [1.54, 1.807) is 4.90 Å². The highest BCUT2D eigenvalue weighted by Crippen LogP contribution is 2.13. The Morgan fingerprint density at radius 1 is 1.32 bits per heavy atom. The van der Waals surface area contributed by atoms with Crippen LogP contribution in [0.2, 0.25) is 0 Å². The number of amides is 2. The van der Waals surface area contributed by atoms with Crippen molar-refractivity contribution in [3.8, 4) is 0 Å². The maximum atomic E-state index is 12.0. The molecule has 0 aromatic carbocycles. The average molecular weight is 274 g/mol. The van der Waals surface area contributed by atoms with Gasteiger partial charge in [0.25, 0.3) is 0 Å². The quantitative estimate of drug-likeness (QED) is 0.660. The lowest BCUT2D eigenvalue weighted by Gasteiger charge is -2.35. The molecule has 0 saturated carbocycles. The molecule has 2 N–H and O–H groups in total. The molecule has 0 fully saturated rings. The molecule has 0 aliphatic rings. The van der Waals surface area contributed by atoms with Crippen LogP contribution < -0.4 is 5.32 Å². The number of hydrogen-bond acceptors (Lipinski definition) is 3. The normalized spacial score (nSPS) is 11.2. The van der Waals surface area contributed by atoms with Crippen molar-refractivity contribution < 1.29 is 19.4 Å². The Kier molecular flexibility index (Phi) is 8.14. The summed E-state index contributed by atoms with van der Waals surface area (Å²) < 4.78 is 5.18. The third kappa shape index (κ3) is 8.42. The smallest absolute Gasteiger partial charge is 0.317 e. The van der Waals surface area contributed by atoms with E-state index in [1.807, 2.05) is 27.7 Å². The molecule has 0 heterocycles. The summed E-state index contributed by atoms with van der Waals surface area (Å²) >= 11 is 0. The number of carbonyl (C=O) groups excluding carboxylic acids is 1. The fourth-order valence-electron chi connectivity index (χ4n) is 1.56. The van der Waals surface area contributed by atoms with Crippen LogP contribution in [0, 0.1) is 0 Å². The zero-order valence-electron chi connectivity index (χ0n) is 12.4. The molecule has 0 unspecified atom stereocenters. The van der Waals surface area contributed by atoms with Crippen LogP contribution in [0.5, 0.6) is 0 Å². The first-order valence-electron chi connectivity index (χ1n) is 6.64. The first-order valence-corrected chi connectivity index (χ1v) is 6.64. The SMILES string of the molecule is CCOCCCNC(=O)N(CCC(=O)O)C(C)(C)C. The van der Waals surface area contributed by atoms with Gasteiger partial charge in [-0.25, -0.2) is 4.79 Å². The fraction of sp³-hybridized carbons (Fsp3) is 0.846. The predicted octanol–water partition coefficient (Wildman–Crippen LogP) is 1.70. The first-order chi connectivity index (χ1) is 8.79. The van der Waals surface area contributed by atoms with Gasteiger partial charge in [-0.3, -0.25) is 4.79 Å². The second-order valence-electron chi connectivity index (χ2n) is 5.25. The van der Waals surface area contributed by atoms with E-state index in [1.165, 1.54) is 0 Å². The van der Waals surface area contributed by atoms with Gasteiger partial charge in [-0.05, 0) is 34.1 Å². The molecule has 0 rings (SSSR count). The van der Waals surface area contributed by atoms with E-state index in [0.717, 1.165) is 6.42 Å². The van der Waals surface area contributed by atoms with E-state index < -0.39 is 11.5 Å². The summed E-state index contributed by atoms with van der Waals surface area (Å²) in [6.07, 6.45) is 0.695. The summed E-state index contributed by atoms with van der Waals surface area (Å²) in [7, 11) is 0. The lowest BCUT2D eigenvalue weighted by atomic mass is 10.1. The molecule has 0 aliphatic heterocycles. The summed E-state index contributed by atoms with van der Waals surface area (Å²) in [5.41, 5.74) is -0.403. The summed E-state index contributed by atoms with van der Waals surface area (Å²) in [5, 5.41) is 11.5. The highest BCUT2D eigenvalue weighted by Gasteiger charge is 2.26. The van der Waals surface area contributed by atoms with Crippen LogP contribution in [0.1, 0.15) is 40.5 Å². The Balaban J connectivity index is 4.20. The van der Waals surface area contributed by atoms with Crippen LogP contribution in [0.4, 0.5) is 4.79 Å². The second kappa shape index (κ2) is 8.74. The molecule has 0 aliphatic carbocycles. The molecule has 0 aromatic heterocycles. The predicted molar refractivity (Wildman–Crippen MR) is 73.2 cm³/mol. The second-order valence-corrected chi connectivity index (χ2v) is 5.25. The fourth-order valence-corrected chi connectivity index (χ4v) is 1.56. The van der Waals surface area contributed by atoms with Gasteiger partial charge >= 0.3 is 12.0 Å². The Bertz CT molecular complexity index is 287. The molecular weight excluding hydrogens is 248 g/mol. The van der Waals surface area contributed by atoms with Crippen molar-refractivity contribution in [1.29, 1.82) is 0 Å². The van der Waals surface area contributed by atoms with Gasteiger partial charge in [0.15, 0.2) is 0 Å². The van der Waals surface area contributed by atoms with Crippen molar-refractivity contribution in [2.45, 2.75) is 46.1 Å². The molecular formula is C13H26N2O4. The third-order valence-electron chi connectivity index (χ3n) is 2.55. The highest BCUT2D eigenvalue weighted by atomic mass is 16.5. The summed E-state index contributed by atoms with van der Waals surface area (Å²) in [4.78, 5) is 24.2. The number of carbonyl (C=O) groups is 2. The number of carboxylic acids is 1. The molecule has 0 radical (unpaired) electrons. The van der Waals surface area contributed by atoms with Crippen molar-refractivity contribution in [3.05, 3.63) is 0 Å². The zero-order chi connectivity index (χ0) is 14.9. The van der Waals surface area contributed by atoms with Crippen molar-refractivity contribution in [3.63, 3.8) is 0 Å². The Labute approximate surface area is 115 Å². The third-order valence-corrected chi connectivity index (χ3v) is 2.55. The minimum atomic E-state index is -0.904. The number of carboxylic acid groups (broad SMARTS) is 1. The van der Waals surface area contributed by atoms with Gasteiger partial charge in [0.2, 0.25) is 0 Å². The number of nitrogens with zero attached hydrogens (tertiary/aromatic N) is 1. The van der Waals surface area contributed by atoms with E-state index >= 15 is 0 Å².